The van der Waals surface area contributed by atoms with Gasteiger partial charge in [-0.05, 0) is 22.9 Å². The summed E-state index contributed by atoms with van der Waals surface area (Å²) >= 11 is 3.31. The van der Waals surface area contributed by atoms with E-state index in [4.69, 9.17) is 5.73 Å². The Morgan fingerprint density at radius 1 is 1.60 bits per heavy atom. The van der Waals surface area contributed by atoms with E-state index in [1.165, 1.54) is 6.20 Å². The first-order valence-electron chi connectivity index (χ1n) is 4.43. The van der Waals surface area contributed by atoms with Crippen LogP contribution in [0.3, 0.4) is 0 Å². The molecule has 0 saturated heterocycles. The summed E-state index contributed by atoms with van der Waals surface area (Å²) in [6.07, 6.45) is 3.15. The lowest BCUT2D eigenvalue weighted by Gasteiger charge is -2.16. The third kappa shape index (κ3) is 2.82. The fraction of sp³-hybridized carbons (Fsp3) is 0.333. The zero-order chi connectivity index (χ0) is 11.4. The largest absolute Gasteiger partial charge is 0.396 e. The first kappa shape index (κ1) is 11.8. The van der Waals surface area contributed by atoms with Gasteiger partial charge in [0.2, 0.25) is 5.91 Å². The molecule has 1 amide bonds. The number of carbonyl (C=O) groups excluding carboxylic acids is 1. The normalized spacial score (nSPS) is 11.9. The number of nitrogens with zero attached hydrogens (tertiary/aromatic N) is 1. The maximum atomic E-state index is 11.3. The topological polar surface area (TPSA) is 80.0 Å². The van der Waals surface area contributed by atoms with E-state index in [2.05, 4.69) is 31.5 Å². The number of amides is 1. The molecule has 0 aliphatic heterocycles. The molecule has 0 aromatic carbocycles. The van der Waals surface area contributed by atoms with Gasteiger partial charge < -0.3 is 16.4 Å². The van der Waals surface area contributed by atoms with E-state index in [-0.39, 0.29) is 11.9 Å². The highest BCUT2D eigenvalue weighted by Gasteiger charge is 2.13. The van der Waals surface area contributed by atoms with E-state index in [9.17, 15) is 4.79 Å². The van der Waals surface area contributed by atoms with Crippen LogP contribution in [0.1, 0.15) is 6.92 Å². The number of hydrogen-bond acceptors (Lipinski definition) is 4. The fourth-order valence-corrected chi connectivity index (χ4v) is 1.56. The molecular formula is C9H13BrN4O. The van der Waals surface area contributed by atoms with Crippen molar-refractivity contribution in [1.29, 1.82) is 0 Å². The maximum absolute atomic E-state index is 11.3. The lowest BCUT2D eigenvalue weighted by Crippen LogP contribution is -2.35. The van der Waals surface area contributed by atoms with Crippen LogP contribution in [-0.4, -0.2) is 24.0 Å². The molecule has 1 aromatic heterocycles. The van der Waals surface area contributed by atoms with Crippen molar-refractivity contribution in [2.75, 3.05) is 18.1 Å². The van der Waals surface area contributed by atoms with Gasteiger partial charge in [-0.2, -0.15) is 0 Å². The van der Waals surface area contributed by atoms with Gasteiger partial charge in [0, 0.05) is 13.2 Å². The summed E-state index contributed by atoms with van der Waals surface area (Å²) < 4.78 is 0.734. The second kappa shape index (κ2) is 4.97. The Bertz CT molecular complexity index is 349. The van der Waals surface area contributed by atoms with Crippen molar-refractivity contribution in [3.63, 3.8) is 0 Å². The number of nitrogens with two attached hydrogens (primary N) is 1. The van der Waals surface area contributed by atoms with E-state index in [0.29, 0.717) is 11.4 Å². The van der Waals surface area contributed by atoms with E-state index >= 15 is 0 Å². The average Bonchev–Trinajstić information content (AvgIpc) is 2.22. The fourth-order valence-electron chi connectivity index (χ4n) is 1.10. The highest BCUT2D eigenvalue weighted by Crippen LogP contribution is 2.27. The molecule has 5 nitrogen and oxygen atoms in total. The second-order valence-corrected chi connectivity index (χ2v) is 3.92. The lowest BCUT2D eigenvalue weighted by molar-refractivity contribution is -0.121. The molecule has 6 heteroatoms. The summed E-state index contributed by atoms with van der Waals surface area (Å²) in [5.41, 5.74) is 6.91. The first-order valence-corrected chi connectivity index (χ1v) is 5.22. The molecule has 4 N–H and O–H groups in total. The average molecular weight is 273 g/mol. The number of carbonyl (C=O) groups is 1. The van der Waals surface area contributed by atoms with Crippen molar-refractivity contribution in [2.24, 2.45) is 0 Å². The molecule has 1 unspecified atom stereocenters. The number of pyridine rings is 1. The minimum absolute atomic E-state index is 0.0990. The lowest BCUT2D eigenvalue weighted by atomic mass is 10.2. The van der Waals surface area contributed by atoms with Crippen molar-refractivity contribution in [2.45, 2.75) is 13.0 Å². The van der Waals surface area contributed by atoms with Crippen molar-refractivity contribution in [3.8, 4) is 0 Å². The Morgan fingerprint density at radius 3 is 2.80 bits per heavy atom. The van der Waals surface area contributed by atoms with Crippen LogP contribution in [0.2, 0.25) is 0 Å². The van der Waals surface area contributed by atoms with E-state index in [1.54, 1.807) is 20.2 Å². The van der Waals surface area contributed by atoms with Crippen molar-refractivity contribution >= 4 is 33.2 Å². The Kier molecular flexibility index (Phi) is 3.90. The minimum Gasteiger partial charge on any atom is -0.396 e. The smallest absolute Gasteiger partial charge is 0.241 e. The molecule has 0 aliphatic rings. The van der Waals surface area contributed by atoms with Crippen LogP contribution in [0.5, 0.6) is 0 Å². The van der Waals surface area contributed by atoms with Crippen LogP contribution in [0.25, 0.3) is 0 Å². The van der Waals surface area contributed by atoms with Crippen LogP contribution in [0.15, 0.2) is 16.9 Å². The van der Waals surface area contributed by atoms with Crippen LogP contribution in [0.4, 0.5) is 11.4 Å². The molecule has 1 rings (SSSR count). The van der Waals surface area contributed by atoms with Crippen molar-refractivity contribution in [3.05, 3.63) is 16.9 Å². The Balaban J connectivity index is 2.85. The second-order valence-electron chi connectivity index (χ2n) is 3.07. The predicted octanol–water partition coefficient (Wildman–Crippen LogP) is 0.973. The first-order chi connectivity index (χ1) is 7.06. The molecule has 1 heterocycles. The van der Waals surface area contributed by atoms with E-state index in [1.807, 2.05) is 0 Å². The van der Waals surface area contributed by atoms with E-state index in [0.717, 1.165) is 4.47 Å². The Hall–Kier alpha value is -1.30. The highest BCUT2D eigenvalue weighted by atomic mass is 79.9. The third-order valence-electron chi connectivity index (χ3n) is 1.93. The number of nitrogens with one attached hydrogen (secondary N) is 2. The molecule has 0 aliphatic carbocycles. The number of halogens is 1. The molecule has 0 radical (unpaired) electrons. The standard InChI is InChI=1S/C9H13BrN4O/c1-5(9(15)12-2)14-8-6(10)3-13-4-7(8)11/h3-5H,11H2,1-2H3,(H,12,15)(H,13,14). The van der Waals surface area contributed by atoms with Gasteiger partial charge in [-0.3, -0.25) is 9.78 Å². The van der Waals surface area contributed by atoms with Gasteiger partial charge in [0.1, 0.15) is 6.04 Å². The zero-order valence-electron chi connectivity index (χ0n) is 8.54. The maximum Gasteiger partial charge on any atom is 0.241 e. The van der Waals surface area contributed by atoms with Crippen LogP contribution in [0, 0.1) is 0 Å². The molecule has 0 fully saturated rings. The monoisotopic (exact) mass is 272 g/mol. The Labute approximate surface area is 96.6 Å². The molecule has 15 heavy (non-hydrogen) atoms. The molecule has 1 aromatic rings. The van der Waals surface area contributed by atoms with Crippen LogP contribution >= 0.6 is 15.9 Å². The van der Waals surface area contributed by atoms with Gasteiger partial charge in [0.05, 0.1) is 22.0 Å². The Morgan fingerprint density at radius 2 is 2.27 bits per heavy atom. The molecule has 1 atom stereocenters. The van der Waals surface area contributed by atoms with Crippen LogP contribution in [-0.2, 0) is 4.79 Å². The van der Waals surface area contributed by atoms with Crippen molar-refractivity contribution < 1.29 is 4.79 Å². The summed E-state index contributed by atoms with van der Waals surface area (Å²) in [6, 6.07) is -0.351. The van der Waals surface area contributed by atoms with Gasteiger partial charge in [-0.25, -0.2) is 0 Å². The summed E-state index contributed by atoms with van der Waals surface area (Å²) in [5, 5.41) is 5.56. The summed E-state index contributed by atoms with van der Waals surface area (Å²) in [5.74, 6) is -0.0990. The summed E-state index contributed by atoms with van der Waals surface area (Å²) in [7, 11) is 1.59. The number of likely N-dealkylation sites (N-methyl/N-ethyl adjacent to an activating group) is 1. The van der Waals surface area contributed by atoms with E-state index < -0.39 is 0 Å². The van der Waals surface area contributed by atoms with Gasteiger partial charge in [-0.1, -0.05) is 0 Å². The van der Waals surface area contributed by atoms with Gasteiger partial charge in [0.25, 0.3) is 0 Å². The summed E-state index contributed by atoms with van der Waals surface area (Å²) in [4.78, 5) is 15.2. The number of nitrogen functional groups attached to an aromatic ring is 1. The number of rotatable bonds is 3. The minimum atomic E-state index is -0.351. The van der Waals surface area contributed by atoms with Gasteiger partial charge >= 0.3 is 0 Å². The molecule has 0 spiro atoms. The van der Waals surface area contributed by atoms with Crippen molar-refractivity contribution in [1.82, 2.24) is 10.3 Å². The third-order valence-corrected chi connectivity index (χ3v) is 2.53. The summed E-state index contributed by atoms with van der Waals surface area (Å²) in [6.45, 7) is 1.76. The molecular weight excluding hydrogens is 260 g/mol. The van der Waals surface area contributed by atoms with Gasteiger partial charge in [-0.15, -0.1) is 0 Å². The van der Waals surface area contributed by atoms with Gasteiger partial charge in [0.15, 0.2) is 0 Å². The number of aromatic nitrogens is 1. The quantitative estimate of drug-likeness (QED) is 0.766. The van der Waals surface area contributed by atoms with Crippen LogP contribution < -0.4 is 16.4 Å². The molecule has 0 saturated carbocycles. The number of anilines is 2. The highest BCUT2D eigenvalue weighted by molar-refractivity contribution is 9.10. The molecule has 82 valence electrons. The molecule has 0 bridgehead atoms. The predicted molar refractivity (Wildman–Crippen MR) is 63.5 cm³/mol. The SMILES string of the molecule is CNC(=O)C(C)Nc1c(N)cncc1Br. The number of hydrogen-bond donors (Lipinski definition) is 3. The zero-order valence-corrected chi connectivity index (χ0v) is 10.1.